The van der Waals surface area contributed by atoms with Crippen molar-refractivity contribution in [2.75, 3.05) is 0 Å². The van der Waals surface area contributed by atoms with Gasteiger partial charge in [-0.2, -0.15) is 0 Å². The van der Waals surface area contributed by atoms with Crippen LogP contribution >= 0.6 is 0 Å². The van der Waals surface area contributed by atoms with Crippen molar-refractivity contribution in [3.8, 4) is 56.0 Å². The molecular weight excluding hydrogens is 583 g/mol. The molecule has 48 heavy (non-hydrogen) atoms. The Labute approximate surface area is 278 Å². The summed E-state index contributed by atoms with van der Waals surface area (Å²) in [6.07, 6.45) is 1.96. The Morgan fingerprint density at radius 2 is 0.875 bits per heavy atom. The van der Waals surface area contributed by atoms with E-state index in [1.165, 1.54) is 21.9 Å². The van der Waals surface area contributed by atoms with Crippen molar-refractivity contribution < 1.29 is 0 Å². The fourth-order valence-electron chi connectivity index (χ4n) is 6.61. The van der Waals surface area contributed by atoms with E-state index in [9.17, 15) is 0 Å². The molecule has 0 unspecified atom stereocenters. The predicted molar refractivity (Wildman–Crippen MR) is 200 cm³/mol. The van der Waals surface area contributed by atoms with E-state index in [0.29, 0.717) is 5.82 Å². The van der Waals surface area contributed by atoms with Crippen molar-refractivity contribution in [3.63, 3.8) is 0 Å². The lowest BCUT2D eigenvalue weighted by atomic mass is 9.97. The van der Waals surface area contributed by atoms with Gasteiger partial charge in [0.05, 0.1) is 16.7 Å². The first kappa shape index (κ1) is 27.8. The lowest BCUT2D eigenvalue weighted by molar-refractivity contribution is 1.23. The second-order valence-corrected chi connectivity index (χ2v) is 12.1. The van der Waals surface area contributed by atoms with Gasteiger partial charge in [0.2, 0.25) is 0 Å². The van der Waals surface area contributed by atoms with Crippen molar-refractivity contribution >= 4 is 32.6 Å². The number of rotatable bonds is 5. The van der Waals surface area contributed by atoms with E-state index in [4.69, 9.17) is 15.0 Å². The topological polar surface area (TPSA) is 38.7 Å². The maximum absolute atomic E-state index is 5.16. The molecule has 224 valence electrons. The smallest absolute Gasteiger partial charge is 0.160 e. The Hall–Kier alpha value is -6.45. The maximum atomic E-state index is 5.16. The molecule has 3 nitrogen and oxygen atoms in total. The Bertz CT molecular complexity index is 2590. The molecule has 0 aliphatic rings. The van der Waals surface area contributed by atoms with Gasteiger partial charge in [0.15, 0.2) is 5.82 Å². The lowest BCUT2D eigenvalue weighted by Crippen LogP contribution is -1.95. The minimum absolute atomic E-state index is 0.713. The van der Waals surface area contributed by atoms with Crippen molar-refractivity contribution in [2.24, 2.45) is 0 Å². The highest BCUT2D eigenvalue weighted by Gasteiger charge is 2.13. The second-order valence-electron chi connectivity index (χ2n) is 12.1. The summed E-state index contributed by atoms with van der Waals surface area (Å²) in [5.74, 6) is 0.713. The summed E-state index contributed by atoms with van der Waals surface area (Å²) in [5.41, 5.74) is 11.9. The fraction of sp³-hybridized carbons (Fsp3) is 0. The minimum Gasteiger partial charge on any atom is -0.256 e. The number of aromatic nitrogens is 3. The summed E-state index contributed by atoms with van der Waals surface area (Å²) < 4.78 is 0. The van der Waals surface area contributed by atoms with Crippen LogP contribution in [0.5, 0.6) is 0 Å². The molecule has 7 aromatic carbocycles. The summed E-state index contributed by atoms with van der Waals surface area (Å²) in [6.45, 7) is 0. The standard InChI is InChI=1S/C45H29N3/c1-2-9-30(10-3-1)31-21-23-34(24-22-31)44-41-15-6-7-16-42(41)47-45(48-44)37-13-8-12-35(27-37)32-17-19-33(20-18-32)36-25-26-40-39-14-5-4-11-38(39)29-46-43(40)28-36/h1-29H. The molecule has 9 aromatic rings. The number of hydrogen-bond acceptors (Lipinski definition) is 3. The van der Waals surface area contributed by atoms with Gasteiger partial charge in [0.1, 0.15) is 0 Å². The maximum Gasteiger partial charge on any atom is 0.160 e. The number of pyridine rings is 1. The molecule has 0 spiro atoms. The quantitative estimate of drug-likeness (QED) is 0.182. The van der Waals surface area contributed by atoms with E-state index >= 15 is 0 Å². The average molecular weight is 612 g/mol. The Morgan fingerprint density at radius 3 is 1.67 bits per heavy atom. The Balaban J connectivity index is 1.05. The van der Waals surface area contributed by atoms with Crippen LogP contribution in [-0.4, -0.2) is 15.0 Å². The molecule has 0 saturated carbocycles. The first-order valence-corrected chi connectivity index (χ1v) is 16.2. The molecular formula is C45H29N3. The highest BCUT2D eigenvalue weighted by atomic mass is 14.9. The predicted octanol–water partition coefficient (Wildman–Crippen LogP) is 11.7. The molecule has 0 aliphatic heterocycles. The van der Waals surface area contributed by atoms with Gasteiger partial charge in [0, 0.05) is 33.5 Å². The highest BCUT2D eigenvalue weighted by molar-refractivity contribution is 6.06. The van der Waals surface area contributed by atoms with Crippen LogP contribution in [0.15, 0.2) is 176 Å². The normalized spacial score (nSPS) is 11.3. The van der Waals surface area contributed by atoms with Crippen molar-refractivity contribution in [1.82, 2.24) is 15.0 Å². The van der Waals surface area contributed by atoms with Crippen LogP contribution in [0.4, 0.5) is 0 Å². The molecule has 2 aromatic heterocycles. The largest absolute Gasteiger partial charge is 0.256 e. The molecule has 0 atom stereocenters. The molecule has 9 rings (SSSR count). The van der Waals surface area contributed by atoms with Crippen LogP contribution in [-0.2, 0) is 0 Å². The second kappa shape index (κ2) is 11.7. The van der Waals surface area contributed by atoms with Gasteiger partial charge < -0.3 is 0 Å². The van der Waals surface area contributed by atoms with Crippen molar-refractivity contribution in [3.05, 3.63) is 176 Å². The molecule has 3 heteroatoms. The van der Waals surface area contributed by atoms with Crippen LogP contribution in [0.3, 0.4) is 0 Å². The molecule has 2 heterocycles. The monoisotopic (exact) mass is 611 g/mol. The number of hydrogen-bond donors (Lipinski definition) is 0. The van der Waals surface area contributed by atoms with Gasteiger partial charge in [-0.05, 0) is 57.0 Å². The summed E-state index contributed by atoms with van der Waals surface area (Å²) >= 11 is 0. The first-order valence-electron chi connectivity index (χ1n) is 16.2. The van der Waals surface area contributed by atoms with Gasteiger partial charge >= 0.3 is 0 Å². The summed E-state index contributed by atoms with van der Waals surface area (Å²) in [5, 5.41) is 4.60. The van der Waals surface area contributed by atoms with Crippen LogP contribution < -0.4 is 0 Å². The van der Waals surface area contributed by atoms with Gasteiger partial charge in [-0.1, -0.05) is 152 Å². The lowest BCUT2D eigenvalue weighted by Gasteiger charge is -2.11. The number of fused-ring (bicyclic) bond motifs is 4. The van der Waals surface area contributed by atoms with E-state index < -0.39 is 0 Å². The molecule has 0 fully saturated rings. The SMILES string of the molecule is c1ccc(-c2ccc(-c3nc(-c4cccc(-c5ccc(-c6ccc7c(c6)ncc6ccccc67)cc5)c4)nc4ccccc34)cc2)cc1. The zero-order chi connectivity index (χ0) is 31.9. The summed E-state index contributed by atoms with van der Waals surface area (Å²) in [7, 11) is 0. The summed E-state index contributed by atoms with van der Waals surface area (Å²) in [4.78, 5) is 14.9. The van der Waals surface area contributed by atoms with E-state index in [1.54, 1.807) is 0 Å². The zero-order valence-corrected chi connectivity index (χ0v) is 26.1. The third kappa shape index (κ3) is 5.08. The molecule has 0 N–H and O–H groups in total. The Kier molecular flexibility index (Phi) is 6.80. The van der Waals surface area contributed by atoms with Crippen LogP contribution in [0, 0.1) is 0 Å². The van der Waals surface area contributed by atoms with Gasteiger partial charge in [-0.15, -0.1) is 0 Å². The van der Waals surface area contributed by atoms with E-state index in [1.807, 2.05) is 24.4 Å². The molecule has 0 radical (unpaired) electrons. The van der Waals surface area contributed by atoms with Gasteiger partial charge in [0.25, 0.3) is 0 Å². The average Bonchev–Trinajstić information content (AvgIpc) is 3.18. The molecule has 0 amide bonds. The van der Waals surface area contributed by atoms with Gasteiger partial charge in [-0.25, -0.2) is 9.97 Å². The van der Waals surface area contributed by atoms with Crippen LogP contribution in [0.1, 0.15) is 0 Å². The number of nitrogens with zero attached hydrogens (tertiary/aromatic N) is 3. The molecule has 0 bridgehead atoms. The van der Waals surface area contributed by atoms with Gasteiger partial charge in [-0.3, -0.25) is 4.98 Å². The van der Waals surface area contributed by atoms with E-state index in [2.05, 4.69) is 152 Å². The zero-order valence-electron chi connectivity index (χ0n) is 26.1. The third-order valence-electron chi connectivity index (χ3n) is 9.13. The fourth-order valence-corrected chi connectivity index (χ4v) is 6.61. The number of para-hydroxylation sites is 1. The van der Waals surface area contributed by atoms with E-state index in [-0.39, 0.29) is 0 Å². The van der Waals surface area contributed by atoms with Crippen LogP contribution in [0.25, 0.3) is 88.6 Å². The number of benzene rings is 7. The van der Waals surface area contributed by atoms with E-state index in [0.717, 1.165) is 60.9 Å². The molecule has 0 aliphatic carbocycles. The first-order chi connectivity index (χ1) is 23.8. The van der Waals surface area contributed by atoms with Crippen LogP contribution in [0.2, 0.25) is 0 Å². The molecule has 0 saturated heterocycles. The summed E-state index contributed by atoms with van der Waals surface area (Å²) in [6, 6.07) is 59.6. The minimum atomic E-state index is 0.713. The Morgan fingerprint density at radius 1 is 0.312 bits per heavy atom. The highest BCUT2D eigenvalue weighted by Crippen LogP contribution is 2.33. The van der Waals surface area contributed by atoms with Crippen molar-refractivity contribution in [1.29, 1.82) is 0 Å². The third-order valence-corrected chi connectivity index (χ3v) is 9.13. The van der Waals surface area contributed by atoms with Crippen molar-refractivity contribution in [2.45, 2.75) is 0 Å².